The lowest BCUT2D eigenvalue weighted by atomic mass is 10.0. The van der Waals surface area contributed by atoms with Gasteiger partial charge in [-0.2, -0.15) is 0 Å². The maximum absolute atomic E-state index is 5.98. The molecular weight excluding hydrogens is 198 g/mol. The van der Waals surface area contributed by atoms with Crippen LogP contribution in [0.2, 0.25) is 5.02 Å². The van der Waals surface area contributed by atoms with Crippen molar-refractivity contribution >= 4 is 11.6 Å². The van der Waals surface area contributed by atoms with Crippen molar-refractivity contribution in [2.24, 2.45) is 11.5 Å². The Hall–Kier alpha value is -0.640. The summed E-state index contributed by atoms with van der Waals surface area (Å²) >= 11 is 5.96. The van der Waals surface area contributed by atoms with Crippen LogP contribution in [-0.2, 0) is 0 Å². The molecule has 0 bridgehead atoms. The Morgan fingerprint density at radius 1 is 1.43 bits per heavy atom. The molecule has 4 N–H and O–H groups in total. The molecule has 0 aliphatic carbocycles. The van der Waals surface area contributed by atoms with Gasteiger partial charge in [-0.3, -0.25) is 4.98 Å². The van der Waals surface area contributed by atoms with Crippen molar-refractivity contribution in [3.05, 3.63) is 29.0 Å². The predicted molar refractivity (Wildman–Crippen MR) is 59.1 cm³/mol. The molecule has 0 fully saturated rings. The number of hydrogen-bond donors (Lipinski definition) is 2. The SMILES string of the molecule is NCCCC[C@H](N)c1ccncc1Cl. The van der Waals surface area contributed by atoms with Crippen LogP contribution < -0.4 is 11.5 Å². The van der Waals surface area contributed by atoms with Gasteiger partial charge >= 0.3 is 0 Å². The fourth-order valence-corrected chi connectivity index (χ4v) is 1.61. The lowest BCUT2D eigenvalue weighted by Gasteiger charge is -2.12. The van der Waals surface area contributed by atoms with E-state index in [1.165, 1.54) is 0 Å². The van der Waals surface area contributed by atoms with E-state index in [2.05, 4.69) is 4.98 Å². The molecule has 14 heavy (non-hydrogen) atoms. The molecule has 78 valence electrons. The molecule has 0 saturated heterocycles. The molecule has 1 aromatic rings. The Balaban J connectivity index is 2.51. The summed E-state index contributed by atoms with van der Waals surface area (Å²) in [6.07, 6.45) is 6.30. The van der Waals surface area contributed by atoms with Gasteiger partial charge in [0.15, 0.2) is 0 Å². The number of hydrogen-bond acceptors (Lipinski definition) is 3. The normalized spacial score (nSPS) is 12.8. The van der Waals surface area contributed by atoms with Crippen molar-refractivity contribution in [3.63, 3.8) is 0 Å². The van der Waals surface area contributed by atoms with E-state index >= 15 is 0 Å². The maximum Gasteiger partial charge on any atom is 0.0637 e. The maximum atomic E-state index is 5.98. The average Bonchev–Trinajstić information content (AvgIpc) is 2.18. The van der Waals surface area contributed by atoms with Crippen LogP contribution in [0.15, 0.2) is 18.5 Å². The van der Waals surface area contributed by atoms with Crippen molar-refractivity contribution in [2.75, 3.05) is 6.54 Å². The van der Waals surface area contributed by atoms with Crippen LogP contribution in [0, 0.1) is 0 Å². The zero-order chi connectivity index (χ0) is 10.4. The lowest BCUT2D eigenvalue weighted by Crippen LogP contribution is -2.11. The molecule has 0 unspecified atom stereocenters. The molecule has 0 spiro atoms. The Kier molecular flexibility index (Phi) is 4.87. The monoisotopic (exact) mass is 213 g/mol. The van der Waals surface area contributed by atoms with Crippen LogP contribution in [0.1, 0.15) is 30.9 Å². The number of nitrogens with zero attached hydrogens (tertiary/aromatic N) is 1. The van der Waals surface area contributed by atoms with Gasteiger partial charge in [-0.25, -0.2) is 0 Å². The van der Waals surface area contributed by atoms with Crippen LogP contribution in [0.5, 0.6) is 0 Å². The first-order chi connectivity index (χ1) is 6.75. The molecule has 1 atom stereocenters. The zero-order valence-electron chi connectivity index (χ0n) is 8.12. The molecule has 1 aromatic heterocycles. The fraction of sp³-hybridized carbons (Fsp3) is 0.500. The summed E-state index contributed by atoms with van der Waals surface area (Å²) in [5.41, 5.74) is 12.4. The van der Waals surface area contributed by atoms with Crippen LogP contribution in [-0.4, -0.2) is 11.5 Å². The fourth-order valence-electron chi connectivity index (χ4n) is 1.35. The topological polar surface area (TPSA) is 64.9 Å². The molecule has 1 rings (SSSR count). The summed E-state index contributed by atoms with van der Waals surface area (Å²) in [6, 6.07) is 1.87. The van der Waals surface area contributed by atoms with E-state index in [9.17, 15) is 0 Å². The van der Waals surface area contributed by atoms with Crippen molar-refractivity contribution < 1.29 is 0 Å². The van der Waals surface area contributed by atoms with Gasteiger partial charge in [-0.05, 0) is 31.0 Å². The van der Waals surface area contributed by atoms with E-state index in [1.807, 2.05) is 6.07 Å². The highest BCUT2D eigenvalue weighted by Crippen LogP contribution is 2.23. The summed E-state index contributed by atoms with van der Waals surface area (Å²) in [5.74, 6) is 0. The highest BCUT2D eigenvalue weighted by molar-refractivity contribution is 6.31. The van der Waals surface area contributed by atoms with Gasteiger partial charge in [0.1, 0.15) is 0 Å². The van der Waals surface area contributed by atoms with E-state index in [4.69, 9.17) is 23.1 Å². The second kappa shape index (κ2) is 5.96. The van der Waals surface area contributed by atoms with Gasteiger partial charge in [0.25, 0.3) is 0 Å². The highest BCUT2D eigenvalue weighted by Gasteiger charge is 2.08. The van der Waals surface area contributed by atoms with Gasteiger partial charge in [0, 0.05) is 18.4 Å². The van der Waals surface area contributed by atoms with Crippen molar-refractivity contribution in [3.8, 4) is 0 Å². The van der Waals surface area contributed by atoms with E-state index in [-0.39, 0.29) is 6.04 Å². The van der Waals surface area contributed by atoms with Gasteiger partial charge in [-0.1, -0.05) is 18.0 Å². The predicted octanol–water partition coefficient (Wildman–Crippen LogP) is 1.86. The minimum Gasteiger partial charge on any atom is -0.330 e. The molecule has 1 heterocycles. The zero-order valence-corrected chi connectivity index (χ0v) is 8.87. The minimum atomic E-state index is -0.00273. The first-order valence-corrected chi connectivity index (χ1v) is 5.18. The molecule has 3 nitrogen and oxygen atoms in total. The summed E-state index contributed by atoms with van der Waals surface area (Å²) in [4.78, 5) is 3.92. The van der Waals surface area contributed by atoms with Crippen molar-refractivity contribution in [1.29, 1.82) is 0 Å². The van der Waals surface area contributed by atoms with E-state index in [1.54, 1.807) is 12.4 Å². The van der Waals surface area contributed by atoms with Crippen molar-refractivity contribution in [1.82, 2.24) is 4.98 Å². The Morgan fingerprint density at radius 2 is 2.21 bits per heavy atom. The average molecular weight is 214 g/mol. The molecule has 0 radical (unpaired) electrons. The summed E-state index contributed by atoms with van der Waals surface area (Å²) in [7, 11) is 0. The Labute approximate surface area is 89.5 Å². The molecular formula is C10H16ClN3. The number of rotatable bonds is 5. The van der Waals surface area contributed by atoms with Crippen LogP contribution >= 0.6 is 11.6 Å². The van der Waals surface area contributed by atoms with Gasteiger partial charge in [0.2, 0.25) is 0 Å². The van der Waals surface area contributed by atoms with Crippen molar-refractivity contribution in [2.45, 2.75) is 25.3 Å². The van der Waals surface area contributed by atoms with Crippen LogP contribution in [0.25, 0.3) is 0 Å². The van der Waals surface area contributed by atoms with Crippen LogP contribution in [0.4, 0.5) is 0 Å². The minimum absolute atomic E-state index is 0.00273. The summed E-state index contributed by atoms with van der Waals surface area (Å²) in [5, 5.41) is 0.646. The van der Waals surface area contributed by atoms with Gasteiger partial charge in [0.05, 0.1) is 5.02 Å². The standard InChI is InChI=1S/C10H16ClN3/c11-9-7-14-6-4-8(9)10(13)3-1-2-5-12/h4,6-7,10H,1-3,5,12-13H2/t10-/m0/s1. The molecule has 0 saturated carbocycles. The third-order valence-corrected chi connectivity index (χ3v) is 2.49. The molecule has 0 aliphatic heterocycles. The number of unbranched alkanes of at least 4 members (excludes halogenated alkanes) is 1. The molecule has 0 amide bonds. The number of pyridine rings is 1. The van der Waals surface area contributed by atoms with Crippen LogP contribution in [0.3, 0.4) is 0 Å². The molecule has 0 aromatic carbocycles. The number of halogens is 1. The lowest BCUT2D eigenvalue weighted by molar-refractivity contribution is 0.590. The quantitative estimate of drug-likeness (QED) is 0.734. The molecule has 0 aliphatic rings. The van der Waals surface area contributed by atoms with Gasteiger partial charge in [-0.15, -0.1) is 0 Å². The first-order valence-electron chi connectivity index (χ1n) is 4.80. The summed E-state index contributed by atoms with van der Waals surface area (Å²) in [6.45, 7) is 0.719. The number of nitrogens with two attached hydrogens (primary N) is 2. The van der Waals surface area contributed by atoms with E-state index in [0.717, 1.165) is 31.4 Å². The Bertz CT molecular complexity index is 278. The first kappa shape index (κ1) is 11.4. The highest BCUT2D eigenvalue weighted by atomic mass is 35.5. The second-order valence-corrected chi connectivity index (χ2v) is 3.70. The summed E-state index contributed by atoms with van der Waals surface area (Å²) < 4.78 is 0. The second-order valence-electron chi connectivity index (χ2n) is 3.29. The largest absolute Gasteiger partial charge is 0.330 e. The number of aromatic nitrogens is 1. The third kappa shape index (κ3) is 3.25. The smallest absolute Gasteiger partial charge is 0.0637 e. The Morgan fingerprint density at radius 3 is 2.86 bits per heavy atom. The van der Waals surface area contributed by atoms with Gasteiger partial charge < -0.3 is 11.5 Å². The molecule has 4 heteroatoms. The third-order valence-electron chi connectivity index (χ3n) is 2.17. The van der Waals surface area contributed by atoms with E-state index in [0.29, 0.717) is 5.02 Å². The van der Waals surface area contributed by atoms with E-state index < -0.39 is 0 Å².